The van der Waals surface area contributed by atoms with Crippen molar-refractivity contribution in [3.8, 4) is 0 Å². The fraction of sp³-hybridized carbons (Fsp3) is 0.800. The van der Waals surface area contributed by atoms with Crippen LogP contribution >= 0.6 is 0 Å². The van der Waals surface area contributed by atoms with E-state index in [1.165, 1.54) is 0 Å². The van der Waals surface area contributed by atoms with Gasteiger partial charge in [-0.15, -0.1) is 0 Å². The highest BCUT2D eigenvalue weighted by Crippen LogP contribution is 2.00. The molecule has 0 bridgehead atoms. The summed E-state index contributed by atoms with van der Waals surface area (Å²) in [6.07, 6.45) is -0.881. The maximum atomic E-state index is 9.18. The summed E-state index contributed by atoms with van der Waals surface area (Å²) in [5, 5.41) is 26.5. The van der Waals surface area contributed by atoms with E-state index in [9.17, 15) is 5.11 Å². The van der Waals surface area contributed by atoms with Crippen molar-refractivity contribution in [2.24, 2.45) is 0 Å². The number of aliphatic hydroxyl groups is 3. The zero-order chi connectivity index (χ0) is 11.7. The third-order valence-electron chi connectivity index (χ3n) is 1.75. The Kier molecular flexibility index (Phi) is 8.55. The highest BCUT2D eigenvalue weighted by molar-refractivity contribution is 4.91. The SMILES string of the molecule is C=C(C)C(O)OCCCOC(CO)CO. The Bertz CT molecular complexity index is 167. The van der Waals surface area contributed by atoms with Crippen LogP contribution in [0.4, 0.5) is 0 Å². The second-order valence-electron chi connectivity index (χ2n) is 3.28. The quantitative estimate of drug-likeness (QED) is 0.281. The summed E-state index contributed by atoms with van der Waals surface area (Å²) in [7, 11) is 0. The molecule has 0 radical (unpaired) electrons. The van der Waals surface area contributed by atoms with Crippen LogP contribution in [0.2, 0.25) is 0 Å². The first-order valence-electron chi connectivity index (χ1n) is 4.90. The first-order chi connectivity index (χ1) is 7.11. The molecular formula is C10H20O5. The summed E-state index contributed by atoms with van der Waals surface area (Å²) in [5.74, 6) is 0. The van der Waals surface area contributed by atoms with Crippen LogP contribution in [0.3, 0.4) is 0 Å². The van der Waals surface area contributed by atoms with Crippen LogP contribution in [-0.2, 0) is 9.47 Å². The van der Waals surface area contributed by atoms with Gasteiger partial charge in [0.15, 0.2) is 6.29 Å². The third kappa shape index (κ3) is 7.47. The molecule has 0 amide bonds. The standard InChI is InChI=1S/C10H20O5/c1-8(2)10(13)15-5-3-4-14-9(6-11)7-12/h9-13H,1,3-7H2,2H3. The molecule has 0 rings (SSSR count). The van der Waals surface area contributed by atoms with E-state index in [0.29, 0.717) is 25.2 Å². The molecule has 90 valence electrons. The average molecular weight is 220 g/mol. The topological polar surface area (TPSA) is 79.2 Å². The molecule has 15 heavy (non-hydrogen) atoms. The van der Waals surface area contributed by atoms with Crippen molar-refractivity contribution < 1.29 is 24.8 Å². The van der Waals surface area contributed by atoms with E-state index in [0.717, 1.165) is 0 Å². The van der Waals surface area contributed by atoms with Crippen molar-refractivity contribution in [1.29, 1.82) is 0 Å². The van der Waals surface area contributed by atoms with Crippen molar-refractivity contribution in [2.75, 3.05) is 26.4 Å². The van der Waals surface area contributed by atoms with E-state index in [2.05, 4.69) is 6.58 Å². The summed E-state index contributed by atoms with van der Waals surface area (Å²) in [4.78, 5) is 0. The lowest BCUT2D eigenvalue weighted by Gasteiger charge is -2.14. The largest absolute Gasteiger partial charge is 0.394 e. The normalized spacial score (nSPS) is 13.1. The molecule has 0 aliphatic rings. The van der Waals surface area contributed by atoms with Crippen LogP contribution in [0.1, 0.15) is 13.3 Å². The second-order valence-corrected chi connectivity index (χ2v) is 3.28. The molecule has 0 aromatic carbocycles. The highest BCUT2D eigenvalue weighted by atomic mass is 16.6. The number of hydrogen-bond donors (Lipinski definition) is 3. The zero-order valence-electron chi connectivity index (χ0n) is 9.06. The minimum Gasteiger partial charge on any atom is -0.394 e. The molecule has 0 fully saturated rings. The molecule has 0 saturated carbocycles. The summed E-state index contributed by atoms with van der Waals surface area (Å²) in [6, 6.07) is 0. The van der Waals surface area contributed by atoms with Gasteiger partial charge in [-0.2, -0.15) is 0 Å². The summed E-state index contributed by atoms with van der Waals surface area (Å²) < 4.78 is 10.1. The average Bonchev–Trinajstić information content (AvgIpc) is 2.23. The van der Waals surface area contributed by atoms with Crippen LogP contribution in [0.15, 0.2) is 12.2 Å². The molecule has 0 saturated heterocycles. The Morgan fingerprint density at radius 1 is 1.20 bits per heavy atom. The van der Waals surface area contributed by atoms with Gasteiger partial charge in [-0.25, -0.2) is 0 Å². The predicted octanol–water partition coefficient (Wildman–Crippen LogP) is -0.343. The maximum Gasteiger partial charge on any atom is 0.176 e. The maximum absolute atomic E-state index is 9.18. The first-order valence-corrected chi connectivity index (χ1v) is 4.90. The Morgan fingerprint density at radius 3 is 2.20 bits per heavy atom. The number of hydrogen-bond acceptors (Lipinski definition) is 5. The van der Waals surface area contributed by atoms with Gasteiger partial charge in [0.1, 0.15) is 6.10 Å². The Hall–Kier alpha value is -0.460. The van der Waals surface area contributed by atoms with Crippen molar-refractivity contribution in [1.82, 2.24) is 0 Å². The van der Waals surface area contributed by atoms with Crippen molar-refractivity contribution in [3.05, 3.63) is 12.2 Å². The fourth-order valence-corrected chi connectivity index (χ4v) is 0.809. The Morgan fingerprint density at radius 2 is 1.73 bits per heavy atom. The van der Waals surface area contributed by atoms with Crippen molar-refractivity contribution in [3.63, 3.8) is 0 Å². The van der Waals surface area contributed by atoms with Gasteiger partial charge in [0.05, 0.1) is 19.8 Å². The highest BCUT2D eigenvalue weighted by Gasteiger charge is 2.06. The molecule has 5 heteroatoms. The molecule has 0 aliphatic heterocycles. The third-order valence-corrected chi connectivity index (χ3v) is 1.75. The minimum absolute atomic E-state index is 0.203. The summed E-state index contributed by atoms with van der Waals surface area (Å²) >= 11 is 0. The van der Waals surface area contributed by atoms with E-state index in [1.54, 1.807) is 6.92 Å². The van der Waals surface area contributed by atoms with E-state index < -0.39 is 12.4 Å². The second kappa shape index (κ2) is 8.82. The van der Waals surface area contributed by atoms with Gasteiger partial charge in [0.25, 0.3) is 0 Å². The van der Waals surface area contributed by atoms with Crippen molar-refractivity contribution in [2.45, 2.75) is 25.7 Å². The van der Waals surface area contributed by atoms with Crippen LogP contribution in [-0.4, -0.2) is 54.1 Å². The van der Waals surface area contributed by atoms with E-state index in [-0.39, 0.29) is 13.2 Å². The van der Waals surface area contributed by atoms with Gasteiger partial charge >= 0.3 is 0 Å². The van der Waals surface area contributed by atoms with Crippen LogP contribution in [0.5, 0.6) is 0 Å². The van der Waals surface area contributed by atoms with Crippen LogP contribution in [0.25, 0.3) is 0 Å². The van der Waals surface area contributed by atoms with Gasteiger partial charge in [-0.05, 0) is 18.9 Å². The molecule has 0 heterocycles. The summed E-state index contributed by atoms with van der Waals surface area (Å²) in [5.41, 5.74) is 0.555. The minimum atomic E-state index is -0.934. The molecule has 0 aromatic rings. The summed E-state index contributed by atoms with van der Waals surface area (Å²) in [6.45, 7) is 5.52. The number of ether oxygens (including phenoxy) is 2. The number of aliphatic hydroxyl groups excluding tert-OH is 3. The molecule has 0 spiro atoms. The molecule has 3 N–H and O–H groups in total. The molecular weight excluding hydrogens is 200 g/mol. The smallest absolute Gasteiger partial charge is 0.176 e. The van der Waals surface area contributed by atoms with Gasteiger partial charge in [0, 0.05) is 6.61 Å². The van der Waals surface area contributed by atoms with Gasteiger partial charge in [0.2, 0.25) is 0 Å². The molecule has 5 nitrogen and oxygen atoms in total. The number of rotatable bonds is 9. The molecule has 1 unspecified atom stereocenters. The van der Waals surface area contributed by atoms with Crippen molar-refractivity contribution >= 4 is 0 Å². The van der Waals surface area contributed by atoms with Gasteiger partial charge in [-0.3, -0.25) is 0 Å². The van der Waals surface area contributed by atoms with Crippen LogP contribution in [0, 0.1) is 0 Å². The van der Waals surface area contributed by atoms with Crippen LogP contribution < -0.4 is 0 Å². The fourth-order valence-electron chi connectivity index (χ4n) is 0.809. The van der Waals surface area contributed by atoms with E-state index in [1.807, 2.05) is 0 Å². The molecule has 0 aliphatic carbocycles. The lowest BCUT2D eigenvalue weighted by Crippen LogP contribution is -2.23. The molecule has 1 atom stereocenters. The Balaban J connectivity index is 3.35. The first kappa shape index (κ1) is 14.5. The van der Waals surface area contributed by atoms with E-state index >= 15 is 0 Å². The monoisotopic (exact) mass is 220 g/mol. The Labute approximate surface area is 89.9 Å². The van der Waals surface area contributed by atoms with E-state index in [4.69, 9.17) is 19.7 Å². The zero-order valence-corrected chi connectivity index (χ0v) is 9.06. The van der Waals surface area contributed by atoms with Gasteiger partial charge in [-0.1, -0.05) is 6.58 Å². The lowest BCUT2D eigenvalue weighted by molar-refractivity contribution is -0.0828. The lowest BCUT2D eigenvalue weighted by atomic mass is 10.3. The molecule has 0 aromatic heterocycles. The van der Waals surface area contributed by atoms with Gasteiger partial charge < -0.3 is 24.8 Å². The predicted molar refractivity (Wildman–Crippen MR) is 55.3 cm³/mol.